The highest BCUT2D eigenvalue weighted by atomic mass is 127. The average Bonchev–Trinajstić information content (AvgIpc) is 2.33. The fraction of sp³-hybridized carbons (Fsp3) is 0.0714. The molecule has 0 atom stereocenters. The van der Waals surface area contributed by atoms with Crippen molar-refractivity contribution in [1.82, 2.24) is 0 Å². The summed E-state index contributed by atoms with van der Waals surface area (Å²) in [6, 6.07) is 18.4. The molecule has 2 aromatic rings. The van der Waals surface area contributed by atoms with Crippen molar-refractivity contribution >= 4 is 22.6 Å². The summed E-state index contributed by atoms with van der Waals surface area (Å²) in [7, 11) is 0. The second-order valence-electron chi connectivity index (χ2n) is 3.61. The Morgan fingerprint density at radius 1 is 0.875 bits per heavy atom. The zero-order valence-electron chi connectivity index (χ0n) is 8.65. The van der Waals surface area contributed by atoms with Gasteiger partial charge in [0.1, 0.15) is 0 Å². The van der Waals surface area contributed by atoms with E-state index in [2.05, 4.69) is 52.9 Å². The first-order valence-electron chi connectivity index (χ1n) is 5.01. The molecule has 2 aromatic carbocycles. The molecule has 0 radical (unpaired) electrons. The molecular formula is C14H10IN. The molecule has 0 aliphatic heterocycles. The molecule has 0 saturated heterocycles. The highest BCUT2D eigenvalue weighted by Crippen LogP contribution is 2.12. The SMILES string of the molecule is N#Cc1ccc(Cc2ccc(I)cc2)cc1. The Kier molecular flexibility index (Phi) is 3.58. The smallest absolute Gasteiger partial charge is 0.0991 e. The van der Waals surface area contributed by atoms with Crippen LogP contribution < -0.4 is 0 Å². The predicted molar refractivity (Wildman–Crippen MR) is 73.1 cm³/mol. The first kappa shape index (κ1) is 11.2. The maximum Gasteiger partial charge on any atom is 0.0991 e. The number of rotatable bonds is 2. The number of hydrogen-bond donors (Lipinski definition) is 0. The van der Waals surface area contributed by atoms with Crippen molar-refractivity contribution in [2.45, 2.75) is 6.42 Å². The Labute approximate surface area is 109 Å². The summed E-state index contributed by atoms with van der Waals surface area (Å²) in [5.41, 5.74) is 3.25. The molecule has 78 valence electrons. The van der Waals surface area contributed by atoms with Crippen LogP contribution in [0.25, 0.3) is 0 Å². The molecular weight excluding hydrogens is 309 g/mol. The lowest BCUT2D eigenvalue weighted by Gasteiger charge is -2.02. The number of hydrogen-bond acceptors (Lipinski definition) is 1. The van der Waals surface area contributed by atoms with Gasteiger partial charge in [0.2, 0.25) is 0 Å². The molecule has 2 rings (SSSR count). The lowest BCUT2D eigenvalue weighted by atomic mass is 10.0. The molecule has 0 N–H and O–H groups in total. The van der Waals surface area contributed by atoms with Crippen LogP contribution in [0.2, 0.25) is 0 Å². The summed E-state index contributed by atoms with van der Waals surface area (Å²) in [6.07, 6.45) is 0.919. The zero-order valence-corrected chi connectivity index (χ0v) is 10.8. The largest absolute Gasteiger partial charge is 0.192 e. The molecule has 0 unspecified atom stereocenters. The Morgan fingerprint density at radius 3 is 1.88 bits per heavy atom. The molecule has 2 heteroatoms. The van der Waals surface area contributed by atoms with Crippen LogP contribution in [0, 0.1) is 14.9 Å². The second-order valence-corrected chi connectivity index (χ2v) is 4.86. The lowest BCUT2D eigenvalue weighted by Crippen LogP contribution is -1.88. The van der Waals surface area contributed by atoms with Crippen LogP contribution >= 0.6 is 22.6 Å². The van der Waals surface area contributed by atoms with Crippen molar-refractivity contribution in [2.24, 2.45) is 0 Å². The number of nitrogens with zero attached hydrogens (tertiary/aromatic N) is 1. The van der Waals surface area contributed by atoms with Gasteiger partial charge in [0.25, 0.3) is 0 Å². The van der Waals surface area contributed by atoms with E-state index in [-0.39, 0.29) is 0 Å². The number of nitriles is 1. The lowest BCUT2D eigenvalue weighted by molar-refractivity contribution is 1.19. The Balaban J connectivity index is 2.15. The Bertz CT molecular complexity index is 506. The van der Waals surface area contributed by atoms with Gasteiger partial charge < -0.3 is 0 Å². The van der Waals surface area contributed by atoms with E-state index in [0.29, 0.717) is 5.56 Å². The molecule has 0 aliphatic rings. The van der Waals surface area contributed by atoms with Crippen LogP contribution in [-0.2, 0) is 6.42 Å². The topological polar surface area (TPSA) is 23.8 Å². The van der Waals surface area contributed by atoms with Gasteiger partial charge in [-0.05, 0) is 64.4 Å². The fourth-order valence-electron chi connectivity index (χ4n) is 1.54. The monoisotopic (exact) mass is 319 g/mol. The summed E-state index contributed by atoms with van der Waals surface area (Å²) < 4.78 is 1.25. The summed E-state index contributed by atoms with van der Waals surface area (Å²) in [5, 5.41) is 8.70. The van der Waals surface area contributed by atoms with Gasteiger partial charge in [-0.3, -0.25) is 0 Å². The van der Waals surface area contributed by atoms with Crippen LogP contribution in [0.3, 0.4) is 0 Å². The summed E-state index contributed by atoms with van der Waals surface area (Å²) >= 11 is 2.30. The van der Waals surface area contributed by atoms with E-state index in [1.165, 1.54) is 14.7 Å². The third-order valence-corrected chi connectivity index (χ3v) is 3.12. The zero-order chi connectivity index (χ0) is 11.4. The third kappa shape index (κ3) is 2.83. The van der Waals surface area contributed by atoms with E-state index in [4.69, 9.17) is 5.26 Å². The molecule has 0 aliphatic carbocycles. The highest BCUT2D eigenvalue weighted by molar-refractivity contribution is 14.1. The molecule has 0 spiro atoms. The first-order chi connectivity index (χ1) is 7.78. The van der Waals surface area contributed by atoms with Gasteiger partial charge in [-0.25, -0.2) is 0 Å². The number of benzene rings is 2. The van der Waals surface area contributed by atoms with Crippen LogP contribution in [-0.4, -0.2) is 0 Å². The van der Waals surface area contributed by atoms with Crippen LogP contribution in [0.4, 0.5) is 0 Å². The van der Waals surface area contributed by atoms with Gasteiger partial charge in [0.15, 0.2) is 0 Å². The van der Waals surface area contributed by atoms with Gasteiger partial charge in [-0.15, -0.1) is 0 Å². The van der Waals surface area contributed by atoms with Gasteiger partial charge in [0, 0.05) is 3.57 Å². The van der Waals surface area contributed by atoms with E-state index in [1.807, 2.05) is 24.3 Å². The van der Waals surface area contributed by atoms with Crippen molar-refractivity contribution in [3.05, 3.63) is 68.8 Å². The van der Waals surface area contributed by atoms with Crippen LogP contribution in [0.5, 0.6) is 0 Å². The second kappa shape index (κ2) is 5.13. The maximum atomic E-state index is 8.70. The quantitative estimate of drug-likeness (QED) is 0.773. The van der Waals surface area contributed by atoms with Crippen molar-refractivity contribution in [2.75, 3.05) is 0 Å². The molecule has 16 heavy (non-hydrogen) atoms. The predicted octanol–water partition coefficient (Wildman–Crippen LogP) is 3.75. The van der Waals surface area contributed by atoms with Gasteiger partial charge in [-0.1, -0.05) is 24.3 Å². The molecule has 0 amide bonds. The molecule has 0 saturated carbocycles. The number of halogens is 1. The highest BCUT2D eigenvalue weighted by Gasteiger charge is 1.97. The van der Waals surface area contributed by atoms with Gasteiger partial charge in [-0.2, -0.15) is 5.26 Å². The average molecular weight is 319 g/mol. The first-order valence-corrected chi connectivity index (χ1v) is 6.09. The minimum atomic E-state index is 0.714. The maximum absolute atomic E-state index is 8.70. The van der Waals surface area contributed by atoms with Gasteiger partial charge >= 0.3 is 0 Å². The van der Waals surface area contributed by atoms with E-state index < -0.39 is 0 Å². The minimum Gasteiger partial charge on any atom is -0.192 e. The molecule has 1 nitrogen and oxygen atoms in total. The third-order valence-electron chi connectivity index (χ3n) is 2.40. The summed E-state index contributed by atoms with van der Waals surface area (Å²) in [4.78, 5) is 0. The minimum absolute atomic E-state index is 0.714. The standard InChI is InChI=1S/C14H10IN/c15-14-7-5-12(6-8-14)9-11-1-3-13(10-16)4-2-11/h1-8H,9H2. The molecule has 0 aromatic heterocycles. The van der Waals surface area contributed by atoms with E-state index in [1.54, 1.807) is 0 Å². The fourth-order valence-corrected chi connectivity index (χ4v) is 1.89. The molecule has 0 heterocycles. The normalized spacial score (nSPS) is 9.75. The van der Waals surface area contributed by atoms with Crippen LogP contribution in [0.1, 0.15) is 16.7 Å². The Hall–Kier alpha value is -1.34. The van der Waals surface area contributed by atoms with Crippen molar-refractivity contribution in [3.8, 4) is 6.07 Å². The molecule has 0 fully saturated rings. The summed E-state index contributed by atoms with van der Waals surface area (Å²) in [6.45, 7) is 0. The van der Waals surface area contributed by atoms with E-state index >= 15 is 0 Å². The Morgan fingerprint density at radius 2 is 1.38 bits per heavy atom. The van der Waals surface area contributed by atoms with Crippen LogP contribution in [0.15, 0.2) is 48.5 Å². The van der Waals surface area contributed by atoms with Crippen molar-refractivity contribution in [3.63, 3.8) is 0 Å². The molecule has 0 bridgehead atoms. The van der Waals surface area contributed by atoms with Gasteiger partial charge in [0.05, 0.1) is 11.6 Å². The van der Waals surface area contributed by atoms with Crippen molar-refractivity contribution in [1.29, 1.82) is 5.26 Å². The van der Waals surface area contributed by atoms with Crippen molar-refractivity contribution < 1.29 is 0 Å². The van der Waals surface area contributed by atoms with E-state index in [0.717, 1.165) is 6.42 Å². The van der Waals surface area contributed by atoms with E-state index in [9.17, 15) is 0 Å². The summed E-state index contributed by atoms with van der Waals surface area (Å²) in [5.74, 6) is 0.